The van der Waals surface area contributed by atoms with Gasteiger partial charge in [0.05, 0.1) is 11.2 Å². The first-order valence-corrected chi connectivity index (χ1v) is 5.65. The van der Waals surface area contributed by atoms with Gasteiger partial charge in [0.25, 0.3) is 0 Å². The maximum absolute atomic E-state index is 13.7. The maximum Gasteiger partial charge on any atom is 0.132 e. The fourth-order valence-electron chi connectivity index (χ4n) is 1.96. The second-order valence-electron chi connectivity index (χ2n) is 4.13. The van der Waals surface area contributed by atoms with Crippen molar-refractivity contribution in [2.45, 2.75) is 0 Å². The molecule has 2 nitrogen and oxygen atoms in total. The Bertz CT molecular complexity index is 723. The molecular weight excluding hydrogens is 227 g/mol. The first-order chi connectivity index (χ1) is 8.74. The van der Waals surface area contributed by atoms with Crippen LogP contribution in [0.3, 0.4) is 0 Å². The zero-order valence-corrected chi connectivity index (χ0v) is 9.60. The molecule has 1 aromatic heterocycles. The molecule has 0 saturated heterocycles. The summed E-state index contributed by atoms with van der Waals surface area (Å²) in [6, 6.07) is 15.8. The predicted octanol–water partition coefficient (Wildman–Crippen LogP) is 3.62. The van der Waals surface area contributed by atoms with Crippen molar-refractivity contribution >= 4 is 16.6 Å². The number of anilines is 1. The Kier molecular flexibility index (Phi) is 2.45. The number of benzene rings is 2. The van der Waals surface area contributed by atoms with Gasteiger partial charge in [-0.05, 0) is 36.4 Å². The van der Waals surface area contributed by atoms with Crippen molar-refractivity contribution in [3.63, 3.8) is 0 Å². The molecular formula is C15H11FN2. The Labute approximate surface area is 104 Å². The average molecular weight is 238 g/mol. The summed E-state index contributed by atoms with van der Waals surface area (Å²) in [5.74, 6) is -0.264. The third-order valence-electron chi connectivity index (χ3n) is 2.86. The molecule has 0 aliphatic carbocycles. The third kappa shape index (κ3) is 1.80. The van der Waals surface area contributed by atoms with Crippen LogP contribution >= 0.6 is 0 Å². The number of hydrogen-bond donors (Lipinski definition) is 1. The van der Waals surface area contributed by atoms with Gasteiger partial charge in [-0.3, -0.25) is 0 Å². The van der Waals surface area contributed by atoms with E-state index in [4.69, 9.17) is 5.73 Å². The van der Waals surface area contributed by atoms with E-state index in [1.807, 2.05) is 18.2 Å². The molecule has 2 N–H and O–H groups in total. The lowest BCUT2D eigenvalue weighted by atomic mass is 10.1. The molecule has 2 aromatic carbocycles. The number of nitrogens with two attached hydrogens (primary N) is 1. The van der Waals surface area contributed by atoms with Gasteiger partial charge in [-0.2, -0.15) is 0 Å². The van der Waals surface area contributed by atoms with Gasteiger partial charge >= 0.3 is 0 Å². The number of halogens is 1. The second-order valence-corrected chi connectivity index (χ2v) is 4.13. The molecule has 3 heteroatoms. The van der Waals surface area contributed by atoms with Gasteiger partial charge < -0.3 is 5.73 Å². The highest BCUT2D eigenvalue weighted by molar-refractivity contribution is 5.84. The minimum Gasteiger partial charge on any atom is -0.399 e. The van der Waals surface area contributed by atoms with Crippen molar-refractivity contribution in [3.05, 3.63) is 60.4 Å². The highest BCUT2D eigenvalue weighted by atomic mass is 19.1. The van der Waals surface area contributed by atoms with Gasteiger partial charge in [0.2, 0.25) is 0 Å². The van der Waals surface area contributed by atoms with Crippen molar-refractivity contribution in [2.24, 2.45) is 0 Å². The van der Waals surface area contributed by atoms with Gasteiger partial charge in [-0.1, -0.05) is 18.2 Å². The van der Waals surface area contributed by atoms with E-state index in [9.17, 15) is 4.39 Å². The molecule has 0 atom stereocenters. The van der Waals surface area contributed by atoms with Crippen LogP contribution < -0.4 is 5.73 Å². The highest BCUT2D eigenvalue weighted by Crippen LogP contribution is 2.24. The number of fused-ring (bicyclic) bond motifs is 1. The fourth-order valence-corrected chi connectivity index (χ4v) is 1.96. The molecule has 0 fully saturated rings. The standard InChI is InChI=1S/C15H11FN2/c16-13-4-2-1-3-12(13)15-7-5-10-9-11(17)6-8-14(10)18-15/h1-9H,17H2. The molecule has 0 bridgehead atoms. The van der Waals surface area contributed by atoms with Crippen LogP contribution in [0.1, 0.15) is 0 Å². The van der Waals surface area contributed by atoms with Crippen molar-refractivity contribution in [2.75, 3.05) is 5.73 Å². The summed E-state index contributed by atoms with van der Waals surface area (Å²) in [5.41, 5.74) is 8.36. The topological polar surface area (TPSA) is 38.9 Å². The van der Waals surface area contributed by atoms with Crippen LogP contribution in [-0.2, 0) is 0 Å². The largest absolute Gasteiger partial charge is 0.399 e. The van der Waals surface area contributed by atoms with Crippen LogP contribution in [0.5, 0.6) is 0 Å². The lowest BCUT2D eigenvalue weighted by Gasteiger charge is -2.05. The zero-order chi connectivity index (χ0) is 12.5. The van der Waals surface area contributed by atoms with E-state index < -0.39 is 0 Å². The van der Waals surface area contributed by atoms with E-state index in [0.717, 1.165) is 10.9 Å². The third-order valence-corrected chi connectivity index (χ3v) is 2.86. The second kappa shape index (κ2) is 4.11. The summed E-state index contributed by atoms with van der Waals surface area (Å²) >= 11 is 0. The van der Waals surface area contributed by atoms with Crippen molar-refractivity contribution in [1.82, 2.24) is 4.98 Å². The Morgan fingerprint density at radius 3 is 2.61 bits per heavy atom. The van der Waals surface area contributed by atoms with Crippen molar-refractivity contribution in [1.29, 1.82) is 0 Å². The van der Waals surface area contributed by atoms with Gasteiger partial charge in [0, 0.05) is 16.6 Å². The molecule has 0 spiro atoms. The molecule has 1 heterocycles. The first-order valence-electron chi connectivity index (χ1n) is 5.65. The summed E-state index contributed by atoms with van der Waals surface area (Å²) in [6.07, 6.45) is 0. The van der Waals surface area contributed by atoms with E-state index in [1.165, 1.54) is 6.07 Å². The molecule has 3 rings (SSSR count). The molecule has 88 valence electrons. The van der Waals surface area contributed by atoms with Crippen LogP contribution in [0.25, 0.3) is 22.2 Å². The van der Waals surface area contributed by atoms with E-state index in [2.05, 4.69) is 4.98 Å². The monoisotopic (exact) mass is 238 g/mol. The number of nitrogen functional groups attached to an aromatic ring is 1. The van der Waals surface area contributed by atoms with Crippen LogP contribution in [-0.4, -0.2) is 4.98 Å². The summed E-state index contributed by atoms with van der Waals surface area (Å²) in [4.78, 5) is 4.45. The van der Waals surface area contributed by atoms with Crippen molar-refractivity contribution < 1.29 is 4.39 Å². The van der Waals surface area contributed by atoms with E-state index in [-0.39, 0.29) is 5.82 Å². The summed E-state index contributed by atoms with van der Waals surface area (Å²) in [5, 5.41) is 0.954. The molecule has 18 heavy (non-hydrogen) atoms. The molecule has 0 amide bonds. The first kappa shape index (κ1) is 10.7. The van der Waals surface area contributed by atoms with Gasteiger partial charge in [0.15, 0.2) is 0 Å². The minimum absolute atomic E-state index is 0.264. The van der Waals surface area contributed by atoms with Crippen LogP contribution in [0.15, 0.2) is 54.6 Å². The Hall–Kier alpha value is -2.42. The number of aromatic nitrogens is 1. The minimum atomic E-state index is -0.264. The van der Waals surface area contributed by atoms with E-state index >= 15 is 0 Å². The summed E-state index contributed by atoms with van der Waals surface area (Å²) in [6.45, 7) is 0. The normalized spacial score (nSPS) is 10.7. The Morgan fingerprint density at radius 2 is 1.78 bits per heavy atom. The van der Waals surface area contributed by atoms with E-state index in [1.54, 1.807) is 30.3 Å². The number of hydrogen-bond acceptors (Lipinski definition) is 2. The van der Waals surface area contributed by atoms with Gasteiger partial charge in [-0.25, -0.2) is 9.37 Å². The fraction of sp³-hybridized carbons (Fsp3) is 0. The SMILES string of the molecule is Nc1ccc2nc(-c3ccccc3F)ccc2c1. The lowest BCUT2D eigenvalue weighted by Crippen LogP contribution is -1.90. The maximum atomic E-state index is 13.7. The molecule has 0 unspecified atom stereocenters. The molecule has 0 saturated carbocycles. The Balaban J connectivity index is 2.20. The molecule has 0 aliphatic heterocycles. The summed E-state index contributed by atoms with van der Waals surface area (Å²) < 4.78 is 13.7. The smallest absolute Gasteiger partial charge is 0.132 e. The average Bonchev–Trinajstić information content (AvgIpc) is 2.39. The molecule has 3 aromatic rings. The zero-order valence-electron chi connectivity index (χ0n) is 9.60. The van der Waals surface area contributed by atoms with Crippen LogP contribution in [0, 0.1) is 5.82 Å². The van der Waals surface area contributed by atoms with Crippen LogP contribution in [0.2, 0.25) is 0 Å². The summed E-state index contributed by atoms with van der Waals surface area (Å²) in [7, 11) is 0. The number of rotatable bonds is 1. The van der Waals surface area contributed by atoms with Gasteiger partial charge in [0.1, 0.15) is 5.82 Å². The van der Waals surface area contributed by atoms with Crippen LogP contribution in [0.4, 0.5) is 10.1 Å². The van der Waals surface area contributed by atoms with Crippen molar-refractivity contribution in [3.8, 4) is 11.3 Å². The Morgan fingerprint density at radius 1 is 0.944 bits per heavy atom. The molecule has 0 aliphatic rings. The van der Waals surface area contributed by atoms with E-state index in [0.29, 0.717) is 16.9 Å². The lowest BCUT2D eigenvalue weighted by molar-refractivity contribution is 0.631. The number of nitrogens with zero attached hydrogens (tertiary/aromatic N) is 1. The molecule has 0 radical (unpaired) electrons. The highest BCUT2D eigenvalue weighted by Gasteiger charge is 2.06. The number of pyridine rings is 1. The van der Waals surface area contributed by atoms with Gasteiger partial charge in [-0.15, -0.1) is 0 Å². The quantitative estimate of drug-likeness (QED) is 0.657. The predicted molar refractivity (Wildman–Crippen MR) is 71.5 cm³/mol.